The Morgan fingerprint density at radius 3 is 2.57 bits per heavy atom. The van der Waals surface area contributed by atoms with Crippen LogP contribution in [0.25, 0.3) is 10.8 Å². The first-order valence-corrected chi connectivity index (χ1v) is 7.89. The zero-order valence-electron chi connectivity index (χ0n) is 10.9. The highest BCUT2D eigenvalue weighted by atomic mass is 79.9. The number of alkyl halides is 1. The Balaban J connectivity index is 2.11. The normalized spacial score (nSPS) is 10.8. The van der Waals surface area contributed by atoms with Crippen molar-refractivity contribution in [3.63, 3.8) is 0 Å². The lowest BCUT2D eigenvalue weighted by molar-refractivity contribution is 0.444. The van der Waals surface area contributed by atoms with E-state index in [9.17, 15) is 4.39 Å². The second kappa shape index (κ2) is 6.04. The number of hydrogen-bond acceptors (Lipinski definition) is 1. The molecule has 0 bridgehead atoms. The van der Waals surface area contributed by atoms with Crippen molar-refractivity contribution in [3.8, 4) is 11.5 Å². The van der Waals surface area contributed by atoms with E-state index in [1.165, 1.54) is 0 Å². The highest BCUT2D eigenvalue weighted by Crippen LogP contribution is 2.37. The molecular weight excluding hydrogens is 355 g/mol. The fraction of sp³-hybridized carbons (Fsp3) is 0.0588. The molecule has 106 valence electrons. The van der Waals surface area contributed by atoms with Crippen LogP contribution in [0.5, 0.6) is 11.5 Å². The zero-order valence-corrected chi connectivity index (χ0v) is 13.3. The molecule has 0 unspecified atom stereocenters. The smallest absolute Gasteiger partial charge is 0.181 e. The average molecular weight is 366 g/mol. The van der Waals surface area contributed by atoms with Gasteiger partial charge in [0.25, 0.3) is 0 Å². The van der Waals surface area contributed by atoms with Gasteiger partial charge in [-0.15, -0.1) is 0 Å². The van der Waals surface area contributed by atoms with Crippen LogP contribution in [-0.4, -0.2) is 0 Å². The van der Waals surface area contributed by atoms with Crippen LogP contribution >= 0.6 is 27.5 Å². The zero-order chi connectivity index (χ0) is 14.8. The van der Waals surface area contributed by atoms with E-state index in [2.05, 4.69) is 15.9 Å². The Morgan fingerprint density at radius 2 is 1.76 bits per heavy atom. The van der Waals surface area contributed by atoms with Crippen LogP contribution in [0.2, 0.25) is 5.02 Å². The summed E-state index contributed by atoms with van der Waals surface area (Å²) in [5, 5.41) is 2.61. The lowest BCUT2D eigenvalue weighted by Gasteiger charge is -2.12. The third kappa shape index (κ3) is 2.76. The van der Waals surface area contributed by atoms with Crippen molar-refractivity contribution in [2.45, 2.75) is 5.33 Å². The number of halogens is 3. The number of rotatable bonds is 3. The highest BCUT2D eigenvalue weighted by molar-refractivity contribution is 9.08. The van der Waals surface area contributed by atoms with Gasteiger partial charge in [-0.3, -0.25) is 0 Å². The molecule has 0 N–H and O–H groups in total. The molecule has 21 heavy (non-hydrogen) atoms. The van der Waals surface area contributed by atoms with Gasteiger partial charge in [-0.25, -0.2) is 4.39 Å². The summed E-state index contributed by atoms with van der Waals surface area (Å²) in [7, 11) is 0. The third-order valence-corrected chi connectivity index (χ3v) is 4.14. The van der Waals surface area contributed by atoms with Gasteiger partial charge in [0.15, 0.2) is 11.6 Å². The van der Waals surface area contributed by atoms with E-state index in [0.29, 0.717) is 16.6 Å². The van der Waals surface area contributed by atoms with Crippen molar-refractivity contribution in [1.29, 1.82) is 0 Å². The van der Waals surface area contributed by atoms with Gasteiger partial charge in [-0.1, -0.05) is 70.0 Å². The summed E-state index contributed by atoms with van der Waals surface area (Å²) in [6.45, 7) is 0. The first kappa shape index (κ1) is 14.4. The van der Waals surface area contributed by atoms with Gasteiger partial charge < -0.3 is 4.74 Å². The van der Waals surface area contributed by atoms with E-state index in [1.807, 2.05) is 36.4 Å². The molecule has 0 radical (unpaired) electrons. The van der Waals surface area contributed by atoms with E-state index in [-0.39, 0.29) is 10.8 Å². The van der Waals surface area contributed by atoms with Crippen molar-refractivity contribution in [2.24, 2.45) is 0 Å². The van der Waals surface area contributed by atoms with Crippen LogP contribution < -0.4 is 4.74 Å². The molecule has 0 aliphatic heterocycles. The Kier molecular flexibility index (Phi) is 4.13. The summed E-state index contributed by atoms with van der Waals surface area (Å²) in [6, 6.07) is 16.7. The predicted octanol–water partition coefficient (Wildman–Crippen LogP) is 6.32. The third-order valence-electron chi connectivity index (χ3n) is 3.23. The maximum absolute atomic E-state index is 14.4. The fourth-order valence-electron chi connectivity index (χ4n) is 2.16. The molecule has 0 amide bonds. The molecule has 0 heterocycles. The van der Waals surface area contributed by atoms with E-state index in [4.69, 9.17) is 16.3 Å². The molecule has 1 nitrogen and oxygen atoms in total. The lowest BCUT2D eigenvalue weighted by Crippen LogP contribution is -1.94. The van der Waals surface area contributed by atoms with E-state index in [0.717, 1.165) is 10.8 Å². The van der Waals surface area contributed by atoms with E-state index >= 15 is 0 Å². The van der Waals surface area contributed by atoms with Crippen LogP contribution in [0, 0.1) is 5.82 Å². The highest BCUT2D eigenvalue weighted by Gasteiger charge is 2.15. The molecule has 0 aliphatic rings. The summed E-state index contributed by atoms with van der Waals surface area (Å²) in [5.74, 6) is 0.206. The van der Waals surface area contributed by atoms with Crippen molar-refractivity contribution in [1.82, 2.24) is 0 Å². The maximum Gasteiger partial charge on any atom is 0.181 e. The van der Waals surface area contributed by atoms with Crippen molar-refractivity contribution in [3.05, 3.63) is 71.0 Å². The minimum absolute atomic E-state index is 0.0602. The molecule has 0 fully saturated rings. The van der Waals surface area contributed by atoms with Gasteiger partial charge in [-0.2, -0.15) is 0 Å². The van der Waals surface area contributed by atoms with Gasteiger partial charge in [0.2, 0.25) is 0 Å². The van der Waals surface area contributed by atoms with Crippen LogP contribution in [-0.2, 0) is 5.33 Å². The molecule has 0 saturated carbocycles. The molecule has 3 aromatic rings. The summed E-state index contributed by atoms with van der Waals surface area (Å²) in [6.07, 6.45) is 0. The van der Waals surface area contributed by atoms with Crippen LogP contribution in [0.3, 0.4) is 0 Å². The Morgan fingerprint density at radius 1 is 1.00 bits per heavy atom. The minimum atomic E-state index is -0.438. The Labute approximate surface area is 135 Å². The molecule has 3 rings (SSSR count). The molecule has 0 spiro atoms. The molecule has 0 saturated heterocycles. The van der Waals surface area contributed by atoms with E-state index < -0.39 is 5.82 Å². The molecule has 0 aromatic heterocycles. The molecule has 0 atom stereocenters. The molecule has 3 aromatic carbocycles. The fourth-order valence-corrected chi connectivity index (χ4v) is 2.78. The van der Waals surface area contributed by atoms with Gasteiger partial charge >= 0.3 is 0 Å². The monoisotopic (exact) mass is 364 g/mol. The topological polar surface area (TPSA) is 9.23 Å². The molecule has 0 aliphatic carbocycles. The van der Waals surface area contributed by atoms with Crippen molar-refractivity contribution < 1.29 is 9.13 Å². The largest absolute Gasteiger partial charge is 0.452 e. The SMILES string of the molecule is Fc1c(CBr)ccc(Cl)c1Oc1cccc2ccccc12. The first-order chi connectivity index (χ1) is 10.2. The maximum atomic E-state index is 14.4. The summed E-state index contributed by atoms with van der Waals surface area (Å²) >= 11 is 9.33. The number of fused-ring (bicyclic) bond motifs is 1. The van der Waals surface area contributed by atoms with Gasteiger partial charge in [0.05, 0.1) is 5.02 Å². The summed E-state index contributed by atoms with van der Waals surface area (Å²) in [4.78, 5) is 0. The quantitative estimate of drug-likeness (QED) is 0.493. The van der Waals surface area contributed by atoms with Gasteiger partial charge in [-0.05, 0) is 17.5 Å². The number of ether oxygens (including phenoxy) is 1. The Bertz CT molecular complexity index is 799. The van der Waals surface area contributed by atoms with Crippen LogP contribution in [0.15, 0.2) is 54.6 Å². The average Bonchev–Trinajstić information content (AvgIpc) is 2.52. The Hall–Kier alpha value is -1.58. The number of benzene rings is 3. The summed E-state index contributed by atoms with van der Waals surface area (Å²) in [5.41, 5.74) is 0.509. The van der Waals surface area contributed by atoms with E-state index in [1.54, 1.807) is 18.2 Å². The van der Waals surface area contributed by atoms with Gasteiger partial charge in [0.1, 0.15) is 5.75 Å². The lowest BCUT2D eigenvalue weighted by atomic mass is 10.1. The van der Waals surface area contributed by atoms with Crippen molar-refractivity contribution >= 4 is 38.3 Å². The van der Waals surface area contributed by atoms with Crippen LogP contribution in [0.4, 0.5) is 4.39 Å². The van der Waals surface area contributed by atoms with Crippen LogP contribution in [0.1, 0.15) is 5.56 Å². The molecular formula is C17H11BrClFO. The first-order valence-electron chi connectivity index (χ1n) is 6.39. The predicted molar refractivity (Wildman–Crippen MR) is 88.1 cm³/mol. The van der Waals surface area contributed by atoms with Crippen molar-refractivity contribution in [2.75, 3.05) is 0 Å². The number of hydrogen-bond donors (Lipinski definition) is 0. The van der Waals surface area contributed by atoms with Gasteiger partial charge in [0, 0.05) is 16.3 Å². The minimum Gasteiger partial charge on any atom is -0.452 e. The summed E-state index contributed by atoms with van der Waals surface area (Å²) < 4.78 is 20.1. The molecule has 4 heteroatoms. The second-order valence-corrected chi connectivity index (χ2v) is 5.53. The second-order valence-electron chi connectivity index (χ2n) is 4.56. The standard InChI is InChI=1S/C17H11BrClFO/c18-10-12-8-9-14(19)17(16(12)20)21-15-7-3-5-11-4-1-2-6-13(11)15/h1-9H,10H2.